The van der Waals surface area contributed by atoms with E-state index in [2.05, 4.69) is 4.90 Å². The fourth-order valence-corrected chi connectivity index (χ4v) is 2.35. The summed E-state index contributed by atoms with van der Waals surface area (Å²) in [6.07, 6.45) is 1.94. The highest BCUT2D eigenvalue weighted by molar-refractivity contribution is 5.76. The number of amides is 1. The second-order valence-corrected chi connectivity index (χ2v) is 4.68. The van der Waals surface area contributed by atoms with Gasteiger partial charge in [0.05, 0.1) is 5.92 Å². The van der Waals surface area contributed by atoms with Gasteiger partial charge >= 0.3 is 0 Å². The third-order valence-corrected chi connectivity index (χ3v) is 3.36. The van der Waals surface area contributed by atoms with Gasteiger partial charge in [0, 0.05) is 18.8 Å². The van der Waals surface area contributed by atoms with E-state index in [4.69, 9.17) is 11.5 Å². The number of nitrogens with two attached hydrogens (primary N) is 2. The Morgan fingerprint density at radius 3 is 2.88 bits per heavy atom. The summed E-state index contributed by atoms with van der Waals surface area (Å²) in [5, 5.41) is 0. The van der Waals surface area contributed by atoms with Crippen LogP contribution in [0.3, 0.4) is 0 Å². The van der Waals surface area contributed by atoms with E-state index in [1.165, 1.54) is 0 Å². The molecule has 0 aromatic heterocycles. The third kappa shape index (κ3) is 2.97. The normalized spacial score (nSPS) is 21.3. The molecule has 1 aliphatic heterocycles. The molecule has 92 valence electrons. The van der Waals surface area contributed by atoms with Crippen LogP contribution in [0.4, 0.5) is 5.69 Å². The van der Waals surface area contributed by atoms with Gasteiger partial charge in [-0.3, -0.25) is 9.69 Å². The molecule has 4 nitrogen and oxygen atoms in total. The fraction of sp³-hybridized carbons (Fsp3) is 0.462. The summed E-state index contributed by atoms with van der Waals surface area (Å²) < 4.78 is 0. The number of likely N-dealkylation sites (tertiary alicyclic amines) is 1. The average Bonchev–Trinajstić information content (AvgIpc) is 2.32. The lowest BCUT2D eigenvalue weighted by Crippen LogP contribution is -2.40. The van der Waals surface area contributed by atoms with Crippen LogP contribution in [-0.2, 0) is 11.3 Å². The lowest BCUT2D eigenvalue weighted by atomic mass is 9.97. The van der Waals surface area contributed by atoms with E-state index in [0.29, 0.717) is 0 Å². The van der Waals surface area contributed by atoms with E-state index >= 15 is 0 Å². The van der Waals surface area contributed by atoms with Crippen LogP contribution in [0.1, 0.15) is 18.4 Å². The largest absolute Gasteiger partial charge is 0.398 e. The van der Waals surface area contributed by atoms with Gasteiger partial charge in [-0.2, -0.15) is 0 Å². The Morgan fingerprint density at radius 1 is 1.41 bits per heavy atom. The maximum atomic E-state index is 11.2. The summed E-state index contributed by atoms with van der Waals surface area (Å²) >= 11 is 0. The van der Waals surface area contributed by atoms with Gasteiger partial charge in [0.15, 0.2) is 0 Å². The van der Waals surface area contributed by atoms with Crippen LogP contribution in [0.5, 0.6) is 0 Å². The molecule has 0 unspecified atom stereocenters. The summed E-state index contributed by atoms with van der Waals surface area (Å²) in [4.78, 5) is 13.4. The molecule has 0 spiro atoms. The molecule has 1 amide bonds. The number of rotatable bonds is 3. The predicted molar refractivity (Wildman–Crippen MR) is 68.0 cm³/mol. The molecule has 0 saturated carbocycles. The number of primary amides is 1. The molecular formula is C13H19N3O. The maximum Gasteiger partial charge on any atom is 0.221 e. The lowest BCUT2D eigenvalue weighted by molar-refractivity contribution is -0.123. The summed E-state index contributed by atoms with van der Waals surface area (Å²) in [6, 6.07) is 7.86. The molecule has 1 heterocycles. The van der Waals surface area contributed by atoms with Gasteiger partial charge in [-0.1, -0.05) is 18.2 Å². The topological polar surface area (TPSA) is 72.4 Å². The molecule has 17 heavy (non-hydrogen) atoms. The zero-order chi connectivity index (χ0) is 12.3. The van der Waals surface area contributed by atoms with E-state index < -0.39 is 0 Å². The van der Waals surface area contributed by atoms with Crippen molar-refractivity contribution in [2.45, 2.75) is 19.4 Å². The highest BCUT2D eigenvalue weighted by atomic mass is 16.1. The van der Waals surface area contributed by atoms with Crippen LogP contribution >= 0.6 is 0 Å². The van der Waals surface area contributed by atoms with Crippen molar-refractivity contribution in [2.75, 3.05) is 18.8 Å². The van der Waals surface area contributed by atoms with Crippen molar-refractivity contribution < 1.29 is 4.79 Å². The van der Waals surface area contributed by atoms with Gasteiger partial charge in [0.25, 0.3) is 0 Å². The monoisotopic (exact) mass is 233 g/mol. The molecule has 1 aromatic rings. The smallest absolute Gasteiger partial charge is 0.221 e. The van der Waals surface area contributed by atoms with Crippen LogP contribution < -0.4 is 11.5 Å². The van der Waals surface area contributed by atoms with Crippen molar-refractivity contribution >= 4 is 11.6 Å². The first-order valence-corrected chi connectivity index (χ1v) is 6.02. The van der Waals surface area contributed by atoms with Crippen molar-refractivity contribution in [2.24, 2.45) is 11.7 Å². The van der Waals surface area contributed by atoms with Crippen molar-refractivity contribution in [3.05, 3.63) is 29.8 Å². The number of hydrogen-bond donors (Lipinski definition) is 2. The molecule has 0 radical (unpaired) electrons. The van der Waals surface area contributed by atoms with Crippen LogP contribution in [-0.4, -0.2) is 23.9 Å². The number of nitrogen functional groups attached to an aromatic ring is 1. The average molecular weight is 233 g/mol. The lowest BCUT2D eigenvalue weighted by Gasteiger charge is -2.31. The minimum Gasteiger partial charge on any atom is -0.398 e. The van der Waals surface area contributed by atoms with Crippen LogP contribution in [0.15, 0.2) is 24.3 Å². The maximum absolute atomic E-state index is 11.2. The van der Waals surface area contributed by atoms with E-state index in [1.807, 2.05) is 24.3 Å². The summed E-state index contributed by atoms with van der Waals surface area (Å²) in [5.41, 5.74) is 13.2. The first-order chi connectivity index (χ1) is 8.16. The molecular weight excluding hydrogens is 214 g/mol. The Kier molecular flexibility index (Phi) is 3.64. The SMILES string of the molecule is NC(=O)[C@@H]1CCCN(Cc2ccccc2N)C1. The fourth-order valence-electron chi connectivity index (χ4n) is 2.35. The summed E-state index contributed by atoms with van der Waals surface area (Å²) in [5.74, 6) is -0.190. The Bertz CT molecular complexity index is 405. The van der Waals surface area contributed by atoms with Gasteiger partial charge in [-0.25, -0.2) is 0 Å². The van der Waals surface area contributed by atoms with Gasteiger partial charge in [-0.15, -0.1) is 0 Å². The van der Waals surface area contributed by atoms with Gasteiger partial charge in [-0.05, 0) is 31.0 Å². The highest BCUT2D eigenvalue weighted by Gasteiger charge is 2.23. The summed E-state index contributed by atoms with van der Waals surface area (Å²) in [6.45, 7) is 2.57. The first kappa shape index (κ1) is 11.9. The Morgan fingerprint density at radius 2 is 2.18 bits per heavy atom. The Hall–Kier alpha value is -1.55. The third-order valence-electron chi connectivity index (χ3n) is 3.36. The quantitative estimate of drug-likeness (QED) is 0.764. The second kappa shape index (κ2) is 5.19. The van der Waals surface area contributed by atoms with Crippen molar-refractivity contribution in [3.8, 4) is 0 Å². The van der Waals surface area contributed by atoms with E-state index in [0.717, 1.165) is 43.7 Å². The molecule has 4 N–H and O–H groups in total. The van der Waals surface area contributed by atoms with Crippen LogP contribution in [0.25, 0.3) is 0 Å². The minimum absolute atomic E-state index is 0.00585. The first-order valence-electron chi connectivity index (χ1n) is 6.02. The van der Waals surface area contributed by atoms with Gasteiger partial charge in [0.1, 0.15) is 0 Å². The zero-order valence-corrected chi connectivity index (χ0v) is 9.93. The zero-order valence-electron chi connectivity index (χ0n) is 9.93. The Labute approximate surface area is 102 Å². The number of carbonyl (C=O) groups excluding carboxylic acids is 1. The molecule has 1 fully saturated rings. The van der Waals surface area contributed by atoms with Gasteiger partial charge in [0.2, 0.25) is 5.91 Å². The van der Waals surface area contributed by atoms with Crippen LogP contribution in [0, 0.1) is 5.92 Å². The number of benzene rings is 1. The molecule has 4 heteroatoms. The van der Waals surface area contributed by atoms with Crippen molar-refractivity contribution in [1.82, 2.24) is 4.90 Å². The number of hydrogen-bond acceptors (Lipinski definition) is 3. The van der Waals surface area contributed by atoms with E-state index in [9.17, 15) is 4.79 Å². The predicted octanol–water partition coefficient (Wildman–Crippen LogP) is 0.966. The molecule has 1 saturated heterocycles. The van der Waals surface area contributed by atoms with E-state index in [-0.39, 0.29) is 11.8 Å². The highest BCUT2D eigenvalue weighted by Crippen LogP contribution is 2.20. The number of piperidine rings is 1. The number of para-hydroxylation sites is 1. The molecule has 0 aliphatic carbocycles. The molecule has 1 aliphatic rings. The summed E-state index contributed by atoms with van der Waals surface area (Å²) in [7, 11) is 0. The van der Waals surface area contributed by atoms with Gasteiger partial charge < -0.3 is 11.5 Å². The number of carbonyl (C=O) groups is 1. The molecule has 1 atom stereocenters. The van der Waals surface area contributed by atoms with Crippen LogP contribution in [0.2, 0.25) is 0 Å². The molecule has 0 bridgehead atoms. The minimum atomic E-state index is -0.185. The standard InChI is InChI=1S/C13H19N3O/c14-12-6-2-1-4-10(12)8-16-7-3-5-11(9-16)13(15)17/h1-2,4,6,11H,3,5,7-9,14H2,(H2,15,17)/t11-/m1/s1. The Balaban J connectivity index is 1.99. The van der Waals surface area contributed by atoms with Crippen molar-refractivity contribution in [3.63, 3.8) is 0 Å². The number of anilines is 1. The molecule has 2 rings (SSSR count). The van der Waals surface area contributed by atoms with Crippen molar-refractivity contribution in [1.29, 1.82) is 0 Å². The molecule has 1 aromatic carbocycles. The second-order valence-electron chi connectivity index (χ2n) is 4.68. The number of nitrogens with zero attached hydrogens (tertiary/aromatic N) is 1. The van der Waals surface area contributed by atoms with E-state index in [1.54, 1.807) is 0 Å².